The Morgan fingerprint density at radius 3 is 2.50 bits per heavy atom. The van der Waals surface area contributed by atoms with Crippen molar-refractivity contribution in [1.82, 2.24) is 14.5 Å². The van der Waals surface area contributed by atoms with Crippen LogP contribution in [0.25, 0.3) is 11.2 Å². The largest absolute Gasteiger partial charge is 0.369 e. The van der Waals surface area contributed by atoms with Crippen molar-refractivity contribution in [2.45, 2.75) is 39.7 Å². The quantitative estimate of drug-likeness (QED) is 0.843. The Hall–Kier alpha value is -1.58. The number of pyridine rings is 1. The Kier molecular flexibility index (Phi) is 2.58. The van der Waals surface area contributed by atoms with E-state index in [-0.39, 0.29) is 6.04 Å². The van der Waals surface area contributed by atoms with Gasteiger partial charge in [-0.2, -0.15) is 0 Å². The minimum atomic E-state index is 0.278. The van der Waals surface area contributed by atoms with Crippen LogP contribution in [-0.2, 0) is 0 Å². The van der Waals surface area contributed by atoms with Gasteiger partial charge in [-0.05, 0) is 31.4 Å². The summed E-state index contributed by atoms with van der Waals surface area (Å²) in [5, 5.41) is 0. The van der Waals surface area contributed by atoms with Gasteiger partial charge in [-0.1, -0.05) is 13.8 Å². The van der Waals surface area contributed by atoms with Crippen molar-refractivity contribution in [2.75, 3.05) is 5.73 Å². The van der Waals surface area contributed by atoms with Gasteiger partial charge in [0, 0.05) is 12.2 Å². The van der Waals surface area contributed by atoms with E-state index in [1.165, 1.54) is 5.56 Å². The Labute approximate surface area is 95.5 Å². The minimum absolute atomic E-state index is 0.278. The van der Waals surface area contributed by atoms with Crippen molar-refractivity contribution >= 4 is 17.1 Å². The second kappa shape index (κ2) is 3.77. The molecule has 0 saturated carbocycles. The number of fused-ring (bicyclic) bond motifs is 1. The number of nitrogens with zero attached hydrogens (tertiary/aromatic N) is 3. The number of nitrogens with two attached hydrogens (primary N) is 1. The van der Waals surface area contributed by atoms with Crippen molar-refractivity contribution in [3.05, 3.63) is 17.8 Å². The third kappa shape index (κ3) is 1.54. The molecule has 0 aliphatic rings. The maximum Gasteiger partial charge on any atom is 0.202 e. The average molecular weight is 218 g/mol. The molecule has 0 radical (unpaired) electrons. The molecule has 2 rings (SSSR count). The molecule has 0 atom stereocenters. The number of hydrogen-bond acceptors (Lipinski definition) is 3. The summed E-state index contributed by atoms with van der Waals surface area (Å²) in [7, 11) is 0. The predicted octanol–water partition coefficient (Wildman–Crippen LogP) is 2.72. The van der Waals surface area contributed by atoms with Crippen LogP contribution in [-0.4, -0.2) is 14.5 Å². The van der Waals surface area contributed by atoms with Crippen LogP contribution in [0.5, 0.6) is 0 Å². The second-order valence-corrected chi connectivity index (χ2v) is 4.66. The fourth-order valence-electron chi connectivity index (χ4n) is 2.00. The van der Waals surface area contributed by atoms with E-state index in [1.54, 1.807) is 0 Å². The molecule has 86 valence electrons. The lowest BCUT2D eigenvalue weighted by Gasteiger charge is -2.10. The zero-order chi connectivity index (χ0) is 11.9. The highest BCUT2D eigenvalue weighted by Crippen LogP contribution is 2.27. The summed E-state index contributed by atoms with van der Waals surface area (Å²) in [4.78, 5) is 8.82. The summed E-state index contributed by atoms with van der Waals surface area (Å²) >= 11 is 0. The minimum Gasteiger partial charge on any atom is -0.369 e. The average Bonchev–Trinajstić information content (AvgIpc) is 2.52. The number of nitrogen functional groups attached to an aromatic ring is 1. The third-order valence-corrected chi connectivity index (χ3v) is 2.78. The molecule has 16 heavy (non-hydrogen) atoms. The van der Waals surface area contributed by atoms with Gasteiger partial charge >= 0.3 is 0 Å². The first-order valence-electron chi connectivity index (χ1n) is 5.64. The molecular formula is C12H18N4. The van der Waals surface area contributed by atoms with Crippen molar-refractivity contribution < 1.29 is 0 Å². The standard InChI is InChI=1S/C12H18N4/c1-7(2)9-5-6-14-11-10(9)15-12(13)16(11)8(3)4/h5-8H,1-4H3,(H2,13,15). The van der Waals surface area contributed by atoms with Gasteiger partial charge in [0.25, 0.3) is 0 Å². The summed E-state index contributed by atoms with van der Waals surface area (Å²) in [5.41, 5.74) is 8.96. The van der Waals surface area contributed by atoms with Crippen LogP contribution in [0, 0.1) is 0 Å². The zero-order valence-corrected chi connectivity index (χ0v) is 10.2. The van der Waals surface area contributed by atoms with Crippen LogP contribution in [0.2, 0.25) is 0 Å². The number of hydrogen-bond donors (Lipinski definition) is 1. The molecule has 0 fully saturated rings. The van der Waals surface area contributed by atoms with E-state index >= 15 is 0 Å². The van der Waals surface area contributed by atoms with Gasteiger partial charge in [0.2, 0.25) is 5.95 Å². The monoisotopic (exact) mass is 218 g/mol. The maximum atomic E-state index is 5.94. The molecule has 0 spiro atoms. The van der Waals surface area contributed by atoms with E-state index in [1.807, 2.05) is 16.8 Å². The molecule has 0 aliphatic heterocycles. The van der Waals surface area contributed by atoms with Crippen LogP contribution in [0.1, 0.15) is 45.2 Å². The lowest BCUT2D eigenvalue weighted by molar-refractivity contribution is 0.622. The van der Waals surface area contributed by atoms with E-state index in [4.69, 9.17) is 5.73 Å². The van der Waals surface area contributed by atoms with Crippen LogP contribution < -0.4 is 5.73 Å². The summed E-state index contributed by atoms with van der Waals surface area (Å²) in [6.45, 7) is 8.47. The van der Waals surface area contributed by atoms with E-state index < -0.39 is 0 Å². The van der Waals surface area contributed by atoms with Gasteiger partial charge < -0.3 is 5.73 Å². The summed E-state index contributed by atoms with van der Waals surface area (Å²) in [5.74, 6) is 0.978. The summed E-state index contributed by atoms with van der Waals surface area (Å²) in [6, 6.07) is 2.30. The number of aromatic nitrogens is 3. The van der Waals surface area contributed by atoms with Crippen molar-refractivity contribution in [3.63, 3.8) is 0 Å². The second-order valence-electron chi connectivity index (χ2n) is 4.66. The Morgan fingerprint density at radius 1 is 1.25 bits per heavy atom. The molecule has 0 aromatic carbocycles. The molecular weight excluding hydrogens is 200 g/mol. The van der Waals surface area contributed by atoms with Crippen molar-refractivity contribution in [1.29, 1.82) is 0 Å². The van der Waals surface area contributed by atoms with Gasteiger partial charge in [0.05, 0.1) is 0 Å². The van der Waals surface area contributed by atoms with Crippen LogP contribution >= 0.6 is 0 Å². The van der Waals surface area contributed by atoms with Crippen LogP contribution in [0.15, 0.2) is 12.3 Å². The molecule has 0 bridgehead atoms. The van der Waals surface area contributed by atoms with Gasteiger partial charge in [0.1, 0.15) is 5.52 Å². The highest BCUT2D eigenvalue weighted by molar-refractivity contribution is 5.78. The van der Waals surface area contributed by atoms with Gasteiger partial charge in [-0.15, -0.1) is 0 Å². The van der Waals surface area contributed by atoms with Crippen molar-refractivity contribution in [2.24, 2.45) is 0 Å². The maximum absolute atomic E-state index is 5.94. The zero-order valence-electron chi connectivity index (χ0n) is 10.2. The van der Waals surface area contributed by atoms with Gasteiger partial charge in [-0.25, -0.2) is 9.97 Å². The molecule has 2 aromatic rings. The highest BCUT2D eigenvalue weighted by atomic mass is 15.2. The molecule has 0 amide bonds. The van der Waals surface area contributed by atoms with E-state index in [0.29, 0.717) is 11.9 Å². The van der Waals surface area contributed by atoms with Gasteiger partial charge in [-0.3, -0.25) is 4.57 Å². The SMILES string of the molecule is CC(C)c1ccnc2c1nc(N)n2C(C)C. The fourth-order valence-corrected chi connectivity index (χ4v) is 2.00. The normalized spacial score (nSPS) is 11.9. The fraction of sp³-hybridized carbons (Fsp3) is 0.500. The van der Waals surface area contributed by atoms with E-state index in [9.17, 15) is 0 Å². The molecule has 2 aromatic heterocycles. The first-order chi connectivity index (χ1) is 7.52. The topological polar surface area (TPSA) is 56.7 Å². The lowest BCUT2D eigenvalue weighted by Crippen LogP contribution is -2.06. The summed E-state index contributed by atoms with van der Waals surface area (Å²) in [6.07, 6.45) is 1.83. The third-order valence-electron chi connectivity index (χ3n) is 2.78. The molecule has 0 aliphatic carbocycles. The van der Waals surface area contributed by atoms with Crippen LogP contribution in [0.4, 0.5) is 5.95 Å². The number of anilines is 1. The van der Waals surface area contributed by atoms with Gasteiger partial charge in [0.15, 0.2) is 5.65 Å². The summed E-state index contributed by atoms with van der Waals surface area (Å²) < 4.78 is 1.97. The van der Waals surface area contributed by atoms with Crippen molar-refractivity contribution in [3.8, 4) is 0 Å². The highest BCUT2D eigenvalue weighted by Gasteiger charge is 2.15. The number of imidazole rings is 1. The Balaban J connectivity index is 2.78. The molecule has 4 heteroatoms. The molecule has 0 unspecified atom stereocenters. The number of rotatable bonds is 2. The van der Waals surface area contributed by atoms with E-state index in [0.717, 1.165) is 11.2 Å². The molecule has 2 N–H and O–H groups in total. The predicted molar refractivity (Wildman–Crippen MR) is 66.4 cm³/mol. The molecule has 2 heterocycles. The lowest BCUT2D eigenvalue weighted by atomic mass is 10.0. The van der Waals surface area contributed by atoms with Crippen LogP contribution in [0.3, 0.4) is 0 Å². The Bertz CT molecular complexity index is 511. The molecule has 0 saturated heterocycles. The smallest absolute Gasteiger partial charge is 0.202 e. The van der Waals surface area contributed by atoms with E-state index in [2.05, 4.69) is 37.7 Å². The Morgan fingerprint density at radius 2 is 1.94 bits per heavy atom. The molecule has 4 nitrogen and oxygen atoms in total. The first-order valence-corrected chi connectivity index (χ1v) is 5.64. The first kappa shape index (κ1) is 10.9.